The Hall–Kier alpha value is -1.81. The molecule has 0 aliphatic rings. The summed E-state index contributed by atoms with van der Waals surface area (Å²) >= 11 is 0. The van der Waals surface area contributed by atoms with E-state index in [0.29, 0.717) is 6.54 Å². The molecular formula is C12H14N4. The van der Waals surface area contributed by atoms with Crippen molar-refractivity contribution in [2.45, 2.75) is 13.3 Å². The molecule has 0 aliphatic heterocycles. The quantitative estimate of drug-likeness (QED) is 0.681. The zero-order valence-electron chi connectivity index (χ0n) is 9.20. The lowest BCUT2D eigenvalue weighted by Gasteiger charge is -1.94. The second-order valence-corrected chi connectivity index (χ2v) is 4.07. The second-order valence-electron chi connectivity index (χ2n) is 4.07. The smallest absolute Gasteiger partial charge is 0.212 e. The Morgan fingerprint density at radius 2 is 2.31 bits per heavy atom. The van der Waals surface area contributed by atoms with E-state index in [2.05, 4.69) is 45.7 Å². The molecule has 1 aromatic carbocycles. The lowest BCUT2D eigenvalue weighted by Crippen LogP contribution is -2.02. The standard InChI is InChI=1S/C12H14N4/c1-8-3-2-4-10-11(8)15-12-14-9(5-6-13)7-16(10)12/h2-4,7H,5-6,13H2,1H3,(H,14,15). The molecule has 0 atom stereocenters. The average molecular weight is 214 g/mol. The van der Waals surface area contributed by atoms with Crippen LogP contribution in [-0.4, -0.2) is 20.9 Å². The number of aromatic nitrogens is 3. The van der Waals surface area contributed by atoms with E-state index in [1.54, 1.807) is 0 Å². The zero-order valence-corrected chi connectivity index (χ0v) is 9.20. The van der Waals surface area contributed by atoms with Crippen LogP contribution < -0.4 is 5.73 Å². The van der Waals surface area contributed by atoms with E-state index in [4.69, 9.17) is 5.73 Å². The third-order valence-electron chi connectivity index (χ3n) is 2.89. The van der Waals surface area contributed by atoms with Gasteiger partial charge in [0.1, 0.15) is 0 Å². The molecule has 2 aromatic heterocycles. The summed E-state index contributed by atoms with van der Waals surface area (Å²) < 4.78 is 2.09. The summed E-state index contributed by atoms with van der Waals surface area (Å²) in [4.78, 5) is 7.87. The van der Waals surface area contributed by atoms with Crippen molar-refractivity contribution >= 4 is 16.8 Å². The number of nitrogens with one attached hydrogen (secondary N) is 1. The summed E-state index contributed by atoms with van der Waals surface area (Å²) in [7, 11) is 0. The first kappa shape index (κ1) is 9.42. The molecule has 0 radical (unpaired) electrons. The number of fused-ring (bicyclic) bond motifs is 3. The molecule has 0 aliphatic carbocycles. The van der Waals surface area contributed by atoms with Gasteiger partial charge in [-0.3, -0.25) is 4.40 Å². The van der Waals surface area contributed by atoms with Gasteiger partial charge >= 0.3 is 0 Å². The number of para-hydroxylation sites is 1. The highest BCUT2D eigenvalue weighted by Gasteiger charge is 2.08. The van der Waals surface area contributed by atoms with Gasteiger partial charge in [0.05, 0.1) is 11.0 Å². The summed E-state index contributed by atoms with van der Waals surface area (Å²) in [6.07, 6.45) is 2.94. The fraction of sp³-hybridized carbons (Fsp3) is 0.250. The molecule has 82 valence electrons. The molecule has 0 saturated carbocycles. The highest BCUT2D eigenvalue weighted by molar-refractivity contribution is 5.82. The van der Waals surface area contributed by atoms with Crippen LogP contribution in [0.15, 0.2) is 24.4 Å². The van der Waals surface area contributed by atoms with Crippen molar-refractivity contribution in [1.82, 2.24) is 14.4 Å². The molecule has 2 heterocycles. The zero-order chi connectivity index (χ0) is 11.1. The van der Waals surface area contributed by atoms with Crippen LogP contribution in [0.3, 0.4) is 0 Å². The molecule has 3 N–H and O–H groups in total. The number of rotatable bonds is 2. The van der Waals surface area contributed by atoms with Gasteiger partial charge in [-0.25, -0.2) is 4.98 Å². The molecule has 3 rings (SSSR count). The van der Waals surface area contributed by atoms with Gasteiger partial charge in [-0.1, -0.05) is 12.1 Å². The summed E-state index contributed by atoms with van der Waals surface area (Å²) in [5.74, 6) is 0.896. The van der Waals surface area contributed by atoms with Crippen molar-refractivity contribution in [3.63, 3.8) is 0 Å². The van der Waals surface area contributed by atoms with Crippen LogP contribution in [0, 0.1) is 6.92 Å². The summed E-state index contributed by atoms with van der Waals surface area (Å²) in [5, 5.41) is 0. The Balaban J connectivity index is 2.30. The minimum Gasteiger partial charge on any atom is -0.330 e. The first-order valence-electron chi connectivity index (χ1n) is 5.45. The molecule has 3 aromatic rings. The van der Waals surface area contributed by atoms with Crippen molar-refractivity contribution < 1.29 is 0 Å². The van der Waals surface area contributed by atoms with Crippen molar-refractivity contribution in [3.05, 3.63) is 35.7 Å². The van der Waals surface area contributed by atoms with Crippen molar-refractivity contribution in [2.24, 2.45) is 5.73 Å². The Bertz CT molecular complexity index is 647. The molecule has 0 unspecified atom stereocenters. The van der Waals surface area contributed by atoms with Crippen molar-refractivity contribution in [3.8, 4) is 0 Å². The molecule has 4 heteroatoms. The first-order valence-corrected chi connectivity index (χ1v) is 5.45. The largest absolute Gasteiger partial charge is 0.330 e. The number of imidazole rings is 2. The van der Waals surface area contributed by atoms with Crippen LogP contribution in [0.1, 0.15) is 11.3 Å². The molecular weight excluding hydrogens is 200 g/mol. The van der Waals surface area contributed by atoms with Gasteiger partial charge < -0.3 is 10.7 Å². The summed E-state index contributed by atoms with van der Waals surface area (Å²) in [6, 6.07) is 6.22. The summed E-state index contributed by atoms with van der Waals surface area (Å²) in [6.45, 7) is 2.73. The molecule has 0 fully saturated rings. The third-order valence-corrected chi connectivity index (χ3v) is 2.89. The van der Waals surface area contributed by atoms with Gasteiger partial charge in [0.15, 0.2) is 0 Å². The SMILES string of the molecule is Cc1cccc2c1nc1[nH]c(CCN)cn12. The van der Waals surface area contributed by atoms with E-state index in [9.17, 15) is 0 Å². The Labute approximate surface area is 93.1 Å². The topological polar surface area (TPSA) is 59.1 Å². The normalized spacial score (nSPS) is 11.6. The van der Waals surface area contributed by atoms with Gasteiger partial charge in [0.2, 0.25) is 5.78 Å². The van der Waals surface area contributed by atoms with Gasteiger partial charge in [0.25, 0.3) is 0 Å². The molecule has 0 saturated heterocycles. The number of hydrogen-bond acceptors (Lipinski definition) is 2. The maximum atomic E-state index is 5.54. The molecule has 0 spiro atoms. The molecule has 0 amide bonds. The maximum absolute atomic E-state index is 5.54. The minimum absolute atomic E-state index is 0.653. The van der Waals surface area contributed by atoms with Crippen LogP contribution in [0.2, 0.25) is 0 Å². The van der Waals surface area contributed by atoms with Crippen LogP contribution in [0.5, 0.6) is 0 Å². The monoisotopic (exact) mass is 214 g/mol. The lowest BCUT2D eigenvalue weighted by atomic mass is 10.2. The third kappa shape index (κ3) is 1.23. The predicted octanol–water partition coefficient (Wildman–Crippen LogP) is 1.63. The van der Waals surface area contributed by atoms with Gasteiger partial charge in [-0.2, -0.15) is 0 Å². The first-order chi connectivity index (χ1) is 7.79. The van der Waals surface area contributed by atoms with E-state index in [1.165, 1.54) is 5.56 Å². The maximum Gasteiger partial charge on any atom is 0.212 e. The van der Waals surface area contributed by atoms with Crippen LogP contribution in [0.4, 0.5) is 0 Å². The fourth-order valence-corrected chi connectivity index (χ4v) is 2.09. The van der Waals surface area contributed by atoms with Gasteiger partial charge in [-0.05, 0) is 25.1 Å². The van der Waals surface area contributed by atoms with Crippen molar-refractivity contribution in [1.29, 1.82) is 0 Å². The van der Waals surface area contributed by atoms with Crippen molar-refractivity contribution in [2.75, 3.05) is 6.54 Å². The number of hydrogen-bond donors (Lipinski definition) is 2. The van der Waals surface area contributed by atoms with Crippen LogP contribution in [0.25, 0.3) is 16.8 Å². The van der Waals surface area contributed by atoms with E-state index in [1.807, 2.05) is 0 Å². The predicted molar refractivity (Wildman–Crippen MR) is 64.5 cm³/mol. The number of nitrogens with two attached hydrogens (primary N) is 1. The fourth-order valence-electron chi connectivity index (χ4n) is 2.09. The Kier molecular flexibility index (Phi) is 1.97. The molecule has 0 bridgehead atoms. The number of H-pyrrole nitrogens is 1. The van der Waals surface area contributed by atoms with E-state index in [-0.39, 0.29) is 0 Å². The minimum atomic E-state index is 0.653. The lowest BCUT2D eigenvalue weighted by molar-refractivity contribution is 0.936. The second kappa shape index (κ2) is 3.35. The van der Waals surface area contributed by atoms with E-state index in [0.717, 1.165) is 28.9 Å². The van der Waals surface area contributed by atoms with E-state index >= 15 is 0 Å². The Morgan fingerprint density at radius 1 is 1.44 bits per heavy atom. The van der Waals surface area contributed by atoms with Gasteiger partial charge in [0, 0.05) is 18.3 Å². The van der Waals surface area contributed by atoms with E-state index < -0.39 is 0 Å². The highest BCUT2D eigenvalue weighted by Crippen LogP contribution is 2.19. The number of aryl methyl sites for hydroxylation is 1. The molecule has 4 nitrogen and oxygen atoms in total. The number of benzene rings is 1. The van der Waals surface area contributed by atoms with Crippen LogP contribution >= 0.6 is 0 Å². The Morgan fingerprint density at radius 3 is 3.12 bits per heavy atom. The average Bonchev–Trinajstić information content (AvgIpc) is 2.77. The number of aromatic amines is 1. The molecule has 16 heavy (non-hydrogen) atoms. The summed E-state index contributed by atoms with van der Waals surface area (Å²) in [5.41, 5.74) is 10.1. The van der Waals surface area contributed by atoms with Crippen LogP contribution in [-0.2, 0) is 6.42 Å². The number of nitrogens with zero attached hydrogens (tertiary/aromatic N) is 2. The highest BCUT2D eigenvalue weighted by atomic mass is 15.1. The van der Waals surface area contributed by atoms with Gasteiger partial charge in [-0.15, -0.1) is 0 Å².